The third kappa shape index (κ3) is 5.66. The number of anilines is 3. The Bertz CT molecular complexity index is 1420. The van der Waals surface area contributed by atoms with E-state index in [2.05, 4.69) is 15.4 Å². The summed E-state index contributed by atoms with van der Waals surface area (Å²) in [6.07, 6.45) is 0. The molecule has 34 heavy (non-hydrogen) atoms. The molecule has 1 aromatic heterocycles. The molecule has 4 rings (SSSR count). The maximum atomic E-state index is 13.0. The Hall–Kier alpha value is -4.02. The highest BCUT2D eigenvalue weighted by molar-refractivity contribution is 7.92. The first-order valence-corrected chi connectivity index (χ1v) is 12.3. The zero-order valence-electron chi connectivity index (χ0n) is 17.5. The van der Waals surface area contributed by atoms with Crippen LogP contribution in [0.4, 0.5) is 21.5 Å². The van der Waals surface area contributed by atoms with Gasteiger partial charge in [-0.25, -0.2) is 12.8 Å². The first-order chi connectivity index (χ1) is 16.3. The molecule has 0 aliphatic rings. The van der Waals surface area contributed by atoms with Gasteiger partial charge in [-0.05, 0) is 78.2 Å². The van der Waals surface area contributed by atoms with Crippen LogP contribution in [-0.4, -0.2) is 20.2 Å². The van der Waals surface area contributed by atoms with Crippen molar-refractivity contribution in [3.8, 4) is 0 Å². The fourth-order valence-corrected chi connectivity index (χ4v) is 4.67. The summed E-state index contributed by atoms with van der Waals surface area (Å²) in [5, 5.41) is 7.30. The van der Waals surface area contributed by atoms with Gasteiger partial charge in [-0.3, -0.25) is 14.3 Å². The van der Waals surface area contributed by atoms with E-state index < -0.39 is 21.7 Å². The van der Waals surface area contributed by atoms with Gasteiger partial charge in [-0.15, -0.1) is 11.3 Å². The number of carbonyl (C=O) groups excluding carboxylic acids is 2. The smallest absolute Gasteiger partial charge is 0.265 e. The SMILES string of the molecule is O=C(Nc1cccc(NC(=O)c2cccs2)c1)c1ccc(S(=O)(=O)Nc2ccc(F)cc2)cc1. The number of amides is 2. The summed E-state index contributed by atoms with van der Waals surface area (Å²) in [4.78, 5) is 25.4. The average Bonchev–Trinajstić information content (AvgIpc) is 3.36. The number of halogens is 1. The van der Waals surface area contributed by atoms with E-state index in [1.54, 1.807) is 41.8 Å². The van der Waals surface area contributed by atoms with Gasteiger partial charge in [0.05, 0.1) is 9.77 Å². The van der Waals surface area contributed by atoms with Gasteiger partial charge in [0.25, 0.3) is 21.8 Å². The van der Waals surface area contributed by atoms with Crippen LogP contribution in [0.1, 0.15) is 20.0 Å². The number of hydrogen-bond acceptors (Lipinski definition) is 5. The number of benzene rings is 3. The number of thiophene rings is 1. The van der Waals surface area contributed by atoms with E-state index in [0.29, 0.717) is 16.3 Å². The highest BCUT2D eigenvalue weighted by atomic mass is 32.2. The molecule has 2 amide bonds. The lowest BCUT2D eigenvalue weighted by atomic mass is 10.2. The molecule has 0 aliphatic heterocycles. The first kappa shape index (κ1) is 23.1. The van der Waals surface area contributed by atoms with Gasteiger partial charge >= 0.3 is 0 Å². The lowest BCUT2D eigenvalue weighted by molar-refractivity contribution is 0.102. The van der Waals surface area contributed by atoms with E-state index in [-0.39, 0.29) is 22.1 Å². The molecule has 3 N–H and O–H groups in total. The molecular formula is C24H18FN3O4S2. The molecule has 0 saturated heterocycles. The van der Waals surface area contributed by atoms with Crippen LogP contribution in [0.15, 0.2) is 95.2 Å². The summed E-state index contributed by atoms with van der Waals surface area (Å²) in [7, 11) is -3.91. The van der Waals surface area contributed by atoms with Crippen LogP contribution in [0.25, 0.3) is 0 Å². The van der Waals surface area contributed by atoms with Crippen molar-refractivity contribution in [3.63, 3.8) is 0 Å². The molecule has 172 valence electrons. The van der Waals surface area contributed by atoms with Gasteiger partial charge in [0.2, 0.25) is 0 Å². The summed E-state index contributed by atoms with van der Waals surface area (Å²) < 4.78 is 40.4. The van der Waals surface area contributed by atoms with Crippen molar-refractivity contribution in [2.24, 2.45) is 0 Å². The molecule has 0 spiro atoms. The highest BCUT2D eigenvalue weighted by Gasteiger charge is 2.16. The lowest BCUT2D eigenvalue weighted by Crippen LogP contribution is -2.15. The molecule has 0 bridgehead atoms. The van der Waals surface area contributed by atoms with Gasteiger partial charge in [0.1, 0.15) is 5.82 Å². The second-order valence-electron chi connectivity index (χ2n) is 7.10. The summed E-state index contributed by atoms with van der Waals surface area (Å²) in [6.45, 7) is 0. The second kappa shape index (κ2) is 9.86. The second-order valence-corrected chi connectivity index (χ2v) is 9.73. The molecule has 0 aliphatic carbocycles. The predicted octanol–water partition coefficient (Wildman–Crippen LogP) is 5.19. The monoisotopic (exact) mass is 495 g/mol. The maximum absolute atomic E-state index is 13.0. The van der Waals surface area contributed by atoms with Crippen LogP contribution in [0.3, 0.4) is 0 Å². The van der Waals surface area contributed by atoms with Crippen molar-refractivity contribution in [2.75, 3.05) is 15.4 Å². The molecule has 3 aromatic carbocycles. The number of hydrogen-bond donors (Lipinski definition) is 3. The highest BCUT2D eigenvalue weighted by Crippen LogP contribution is 2.20. The molecule has 0 atom stereocenters. The number of sulfonamides is 1. The Morgan fingerprint density at radius 1 is 0.735 bits per heavy atom. The molecule has 0 radical (unpaired) electrons. The van der Waals surface area contributed by atoms with E-state index in [1.165, 1.54) is 47.7 Å². The van der Waals surface area contributed by atoms with Crippen molar-refractivity contribution >= 4 is 50.2 Å². The van der Waals surface area contributed by atoms with E-state index >= 15 is 0 Å². The fourth-order valence-electron chi connectivity index (χ4n) is 3.00. The standard InChI is InChI=1S/C24H18FN3O4S2/c25-17-8-10-18(11-9-17)28-34(31,32)21-12-6-16(7-13-21)23(29)26-19-3-1-4-20(15-19)27-24(30)22-5-2-14-33-22/h1-15,28H,(H,26,29)(H,27,30). The minimum atomic E-state index is -3.91. The van der Waals surface area contributed by atoms with Crippen molar-refractivity contribution in [1.82, 2.24) is 0 Å². The minimum absolute atomic E-state index is 0.0494. The quantitative estimate of drug-likeness (QED) is 0.328. The van der Waals surface area contributed by atoms with Gasteiger partial charge in [0.15, 0.2) is 0 Å². The van der Waals surface area contributed by atoms with Gasteiger partial charge in [-0.1, -0.05) is 12.1 Å². The minimum Gasteiger partial charge on any atom is -0.322 e. The Morgan fingerprint density at radius 3 is 2.00 bits per heavy atom. The summed E-state index contributed by atoms with van der Waals surface area (Å²) in [5.41, 5.74) is 1.44. The van der Waals surface area contributed by atoms with E-state index in [9.17, 15) is 22.4 Å². The van der Waals surface area contributed by atoms with Crippen LogP contribution in [0.2, 0.25) is 0 Å². The largest absolute Gasteiger partial charge is 0.322 e. The van der Waals surface area contributed by atoms with Gasteiger partial charge < -0.3 is 10.6 Å². The van der Waals surface area contributed by atoms with Crippen molar-refractivity contribution < 1.29 is 22.4 Å². The Kier molecular flexibility index (Phi) is 6.71. The summed E-state index contributed by atoms with van der Waals surface area (Å²) in [5.74, 6) is -1.17. The molecular weight excluding hydrogens is 477 g/mol. The van der Waals surface area contributed by atoms with E-state index in [4.69, 9.17) is 0 Å². The molecule has 10 heteroatoms. The van der Waals surface area contributed by atoms with Crippen LogP contribution < -0.4 is 15.4 Å². The van der Waals surface area contributed by atoms with E-state index in [0.717, 1.165) is 12.1 Å². The molecule has 0 saturated carbocycles. The van der Waals surface area contributed by atoms with Crippen LogP contribution in [0.5, 0.6) is 0 Å². The Morgan fingerprint density at radius 2 is 1.38 bits per heavy atom. The molecule has 0 unspecified atom stereocenters. The predicted molar refractivity (Wildman–Crippen MR) is 130 cm³/mol. The lowest BCUT2D eigenvalue weighted by Gasteiger charge is -2.10. The molecule has 7 nitrogen and oxygen atoms in total. The maximum Gasteiger partial charge on any atom is 0.265 e. The van der Waals surface area contributed by atoms with Crippen LogP contribution in [-0.2, 0) is 10.0 Å². The number of nitrogens with one attached hydrogen (secondary N) is 3. The summed E-state index contributed by atoms with van der Waals surface area (Å²) in [6, 6.07) is 20.5. The van der Waals surface area contributed by atoms with Gasteiger partial charge in [0, 0.05) is 22.6 Å². The van der Waals surface area contributed by atoms with Crippen LogP contribution >= 0.6 is 11.3 Å². The molecule has 4 aromatic rings. The normalized spacial score (nSPS) is 11.0. The number of rotatable bonds is 7. The fraction of sp³-hybridized carbons (Fsp3) is 0. The Balaban J connectivity index is 1.42. The zero-order valence-corrected chi connectivity index (χ0v) is 19.1. The van der Waals surface area contributed by atoms with Crippen LogP contribution in [0, 0.1) is 5.82 Å². The average molecular weight is 496 g/mol. The molecule has 0 fully saturated rings. The van der Waals surface area contributed by atoms with E-state index in [1.807, 2.05) is 0 Å². The third-order valence-corrected chi connectivity index (χ3v) is 6.91. The number of carbonyl (C=O) groups is 2. The van der Waals surface area contributed by atoms with Gasteiger partial charge in [-0.2, -0.15) is 0 Å². The Labute approximate surface area is 199 Å². The molecule has 1 heterocycles. The first-order valence-electron chi connectivity index (χ1n) is 9.95. The van der Waals surface area contributed by atoms with Crippen molar-refractivity contribution in [1.29, 1.82) is 0 Å². The third-order valence-electron chi connectivity index (χ3n) is 4.65. The van der Waals surface area contributed by atoms with Crippen molar-refractivity contribution in [3.05, 3.63) is 107 Å². The topological polar surface area (TPSA) is 104 Å². The summed E-state index contributed by atoms with van der Waals surface area (Å²) >= 11 is 1.32. The van der Waals surface area contributed by atoms with Crippen molar-refractivity contribution in [2.45, 2.75) is 4.90 Å². The zero-order chi connectivity index (χ0) is 24.1.